The van der Waals surface area contributed by atoms with E-state index in [2.05, 4.69) is 9.97 Å². The molecule has 1 aromatic carbocycles. The average molecular weight is 278 g/mol. The molecule has 0 saturated heterocycles. The van der Waals surface area contributed by atoms with E-state index in [1.807, 2.05) is 0 Å². The number of nitro groups is 1. The van der Waals surface area contributed by atoms with Gasteiger partial charge in [0.2, 0.25) is 11.7 Å². The molecule has 1 heterocycles. The molecule has 0 unspecified atom stereocenters. The third kappa shape index (κ3) is 2.64. The summed E-state index contributed by atoms with van der Waals surface area (Å²) in [5, 5.41) is 18.9. The largest absolute Gasteiger partial charge is 0.434 e. The lowest BCUT2D eigenvalue weighted by Gasteiger charge is -2.05. The summed E-state index contributed by atoms with van der Waals surface area (Å²) in [6, 6.07) is 2.66. The van der Waals surface area contributed by atoms with Gasteiger partial charge in [0.1, 0.15) is 6.07 Å². The number of halogens is 2. The van der Waals surface area contributed by atoms with Crippen molar-refractivity contribution in [3.8, 4) is 17.7 Å². The van der Waals surface area contributed by atoms with E-state index in [9.17, 15) is 18.9 Å². The first-order valence-electron chi connectivity index (χ1n) is 5.04. The first kappa shape index (κ1) is 13.3. The van der Waals surface area contributed by atoms with Gasteiger partial charge in [0.15, 0.2) is 17.3 Å². The van der Waals surface area contributed by atoms with E-state index in [1.165, 1.54) is 0 Å². The van der Waals surface area contributed by atoms with Crippen LogP contribution in [0, 0.1) is 33.1 Å². The first-order chi connectivity index (χ1) is 9.51. The van der Waals surface area contributed by atoms with Crippen molar-refractivity contribution in [2.24, 2.45) is 0 Å². The van der Waals surface area contributed by atoms with Crippen LogP contribution in [0.5, 0.6) is 11.6 Å². The lowest BCUT2D eigenvalue weighted by atomic mass is 10.3. The number of ether oxygens (including phenoxy) is 1. The van der Waals surface area contributed by atoms with E-state index in [-0.39, 0.29) is 11.6 Å². The average Bonchev–Trinajstić information content (AvgIpc) is 2.43. The Labute approximate surface area is 110 Å². The molecule has 9 heteroatoms. The molecular weight excluding hydrogens is 274 g/mol. The highest BCUT2D eigenvalue weighted by Gasteiger charge is 2.20. The topological polar surface area (TPSA) is 102 Å². The van der Waals surface area contributed by atoms with Gasteiger partial charge in [0, 0.05) is 6.07 Å². The molecule has 0 saturated carbocycles. The molecule has 0 amide bonds. The quantitative estimate of drug-likeness (QED) is 0.630. The fourth-order valence-electron chi connectivity index (χ4n) is 1.28. The van der Waals surface area contributed by atoms with E-state index >= 15 is 0 Å². The molecule has 0 bridgehead atoms. The zero-order valence-corrected chi connectivity index (χ0v) is 9.58. The van der Waals surface area contributed by atoms with Crippen LogP contribution in [0.3, 0.4) is 0 Å². The Morgan fingerprint density at radius 3 is 2.55 bits per heavy atom. The summed E-state index contributed by atoms with van der Waals surface area (Å²) >= 11 is 0. The summed E-state index contributed by atoms with van der Waals surface area (Å²) in [7, 11) is 0. The van der Waals surface area contributed by atoms with Crippen molar-refractivity contribution >= 4 is 5.69 Å². The minimum absolute atomic E-state index is 0.0210. The number of nitrogens with zero attached hydrogens (tertiary/aromatic N) is 4. The molecule has 0 N–H and O–H groups in total. The van der Waals surface area contributed by atoms with Crippen LogP contribution in [0.25, 0.3) is 0 Å². The predicted molar refractivity (Wildman–Crippen MR) is 59.8 cm³/mol. The summed E-state index contributed by atoms with van der Waals surface area (Å²) in [5.74, 6) is -3.12. The van der Waals surface area contributed by atoms with E-state index in [4.69, 9.17) is 10.00 Å². The fraction of sp³-hybridized carbons (Fsp3) is 0. The van der Waals surface area contributed by atoms with Gasteiger partial charge in [-0.3, -0.25) is 10.1 Å². The van der Waals surface area contributed by atoms with Crippen LogP contribution in [-0.2, 0) is 0 Å². The van der Waals surface area contributed by atoms with Gasteiger partial charge < -0.3 is 4.74 Å². The van der Waals surface area contributed by atoms with Crippen molar-refractivity contribution in [1.82, 2.24) is 9.97 Å². The van der Waals surface area contributed by atoms with Crippen molar-refractivity contribution in [2.75, 3.05) is 0 Å². The highest BCUT2D eigenvalue weighted by atomic mass is 19.1. The van der Waals surface area contributed by atoms with Crippen LogP contribution in [-0.4, -0.2) is 14.9 Å². The summed E-state index contributed by atoms with van der Waals surface area (Å²) in [6.45, 7) is 0. The molecule has 2 aromatic rings. The van der Waals surface area contributed by atoms with Crippen LogP contribution in [0.1, 0.15) is 5.69 Å². The third-order valence-electron chi connectivity index (χ3n) is 2.16. The molecule has 0 aliphatic heterocycles. The van der Waals surface area contributed by atoms with Crippen LogP contribution in [0.15, 0.2) is 24.5 Å². The second-order valence-corrected chi connectivity index (χ2v) is 3.44. The molecule has 1 aromatic heterocycles. The Hall–Kier alpha value is -3.15. The molecular formula is C11H4F2N4O3. The molecule has 7 nitrogen and oxygen atoms in total. The van der Waals surface area contributed by atoms with Crippen LogP contribution < -0.4 is 4.74 Å². The highest BCUT2D eigenvalue weighted by molar-refractivity contribution is 5.40. The number of hydrogen-bond donors (Lipinski definition) is 0. The number of rotatable bonds is 3. The van der Waals surface area contributed by atoms with Gasteiger partial charge in [-0.1, -0.05) is 0 Å². The second kappa shape index (κ2) is 5.23. The summed E-state index contributed by atoms with van der Waals surface area (Å²) < 4.78 is 31.8. The SMILES string of the molecule is N#Cc1cnc(Oc2cc(F)c([N+](=O)[O-])cc2F)cn1. The maximum Gasteiger partial charge on any atom is 0.307 e. The molecule has 0 aliphatic rings. The van der Waals surface area contributed by atoms with Crippen LogP contribution in [0.4, 0.5) is 14.5 Å². The third-order valence-corrected chi connectivity index (χ3v) is 2.16. The van der Waals surface area contributed by atoms with Crippen molar-refractivity contribution in [1.29, 1.82) is 5.26 Å². The van der Waals surface area contributed by atoms with Gasteiger partial charge in [-0.2, -0.15) is 9.65 Å². The maximum atomic E-state index is 13.5. The summed E-state index contributed by atoms with van der Waals surface area (Å²) in [5.41, 5.74) is -0.978. The molecule has 0 atom stereocenters. The summed E-state index contributed by atoms with van der Waals surface area (Å²) in [6.07, 6.45) is 2.12. The van der Waals surface area contributed by atoms with Gasteiger partial charge in [-0.15, -0.1) is 0 Å². The number of nitro benzene ring substituents is 1. The van der Waals surface area contributed by atoms with Crippen LogP contribution in [0.2, 0.25) is 0 Å². The number of hydrogen-bond acceptors (Lipinski definition) is 6. The Kier molecular flexibility index (Phi) is 3.47. The lowest BCUT2D eigenvalue weighted by molar-refractivity contribution is -0.387. The van der Waals surface area contributed by atoms with Gasteiger partial charge in [-0.25, -0.2) is 14.4 Å². The minimum Gasteiger partial charge on any atom is -0.434 e. The molecule has 2 rings (SSSR count). The number of nitriles is 1. The minimum atomic E-state index is -1.24. The van der Waals surface area contributed by atoms with Gasteiger partial charge >= 0.3 is 5.69 Å². The van der Waals surface area contributed by atoms with E-state index in [0.29, 0.717) is 12.1 Å². The van der Waals surface area contributed by atoms with E-state index < -0.39 is 28.0 Å². The molecule has 20 heavy (non-hydrogen) atoms. The van der Waals surface area contributed by atoms with Crippen molar-refractivity contribution in [3.63, 3.8) is 0 Å². The normalized spacial score (nSPS) is 9.85. The molecule has 0 spiro atoms. The molecule has 0 aliphatic carbocycles. The summed E-state index contributed by atoms with van der Waals surface area (Å²) in [4.78, 5) is 16.6. The Morgan fingerprint density at radius 2 is 2.00 bits per heavy atom. The maximum absolute atomic E-state index is 13.5. The van der Waals surface area contributed by atoms with E-state index in [0.717, 1.165) is 12.4 Å². The number of aromatic nitrogens is 2. The molecule has 0 radical (unpaired) electrons. The van der Waals surface area contributed by atoms with Gasteiger partial charge in [0.25, 0.3) is 0 Å². The Morgan fingerprint density at radius 1 is 1.25 bits per heavy atom. The lowest BCUT2D eigenvalue weighted by Crippen LogP contribution is -1.98. The zero-order valence-electron chi connectivity index (χ0n) is 9.58. The smallest absolute Gasteiger partial charge is 0.307 e. The standard InChI is InChI=1S/C11H4F2N4O3/c12-7-2-10(8(13)1-9(7)17(18)19)20-11-5-15-6(3-14)4-16-11/h1-2,4-5H. The second-order valence-electron chi connectivity index (χ2n) is 3.44. The monoisotopic (exact) mass is 278 g/mol. The van der Waals surface area contributed by atoms with Crippen LogP contribution >= 0.6 is 0 Å². The predicted octanol–water partition coefficient (Wildman–Crippen LogP) is 2.33. The van der Waals surface area contributed by atoms with E-state index in [1.54, 1.807) is 6.07 Å². The van der Waals surface area contributed by atoms with Gasteiger partial charge in [-0.05, 0) is 0 Å². The Bertz CT molecular complexity index is 713. The Balaban J connectivity index is 2.31. The molecule has 0 fully saturated rings. The van der Waals surface area contributed by atoms with Gasteiger partial charge in [0.05, 0.1) is 23.4 Å². The first-order valence-corrected chi connectivity index (χ1v) is 5.04. The number of benzene rings is 1. The zero-order chi connectivity index (χ0) is 14.7. The fourth-order valence-corrected chi connectivity index (χ4v) is 1.28. The van der Waals surface area contributed by atoms with Crippen molar-refractivity contribution < 1.29 is 18.4 Å². The molecule has 100 valence electrons. The highest BCUT2D eigenvalue weighted by Crippen LogP contribution is 2.28. The van der Waals surface area contributed by atoms with Crippen molar-refractivity contribution in [3.05, 3.63) is 52.0 Å². The van der Waals surface area contributed by atoms with Crippen molar-refractivity contribution in [2.45, 2.75) is 0 Å².